The van der Waals surface area contributed by atoms with Gasteiger partial charge in [0.25, 0.3) is 0 Å². The summed E-state index contributed by atoms with van der Waals surface area (Å²) in [5, 5.41) is 3.05. The molecular formula is C23H23F2N3O6. The molecule has 2 heterocycles. The van der Waals surface area contributed by atoms with Gasteiger partial charge in [-0.2, -0.15) is 0 Å². The highest BCUT2D eigenvalue weighted by molar-refractivity contribution is 5.59. The maximum Gasteiger partial charge on any atom is 0.227 e. The van der Waals surface area contributed by atoms with Crippen molar-refractivity contribution in [1.29, 1.82) is 0 Å². The fourth-order valence-corrected chi connectivity index (χ4v) is 3.11. The molecule has 0 aliphatic carbocycles. The van der Waals surface area contributed by atoms with Crippen molar-refractivity contribution in [3.63, 3.8) is 0 Å². The minimum absolute atomic E-state index is 0.0172. The van der Waals surface area contributed by atoms with Gasteiger partial charge in [0.1, 0.15) is 12.7 Å². The van der Waals surface area contributed by atoms with Crippen LogP contribution < -0.4 is 29.0 Å². The average Bonchev–Trinajstić information content (AvgIpc) is 2.83. The number of hydrogen-bond donors (Lipinski definition) is 1. The van der Waals surface area contributed by atoms with E-state index in [2.05, 4.69) is 15.3 Å². The summed E-state index contributed by atoms with van der Waals surface area (Å²) in [7, 11) is 4.11. The van der Waals surface area contributed by atoms with Crippen molar-refractivity contribution in [3.05, 3.63) is 53.9 Å². The lowest BCUT2D eigenvalue weighted by molar-refractivity contribution is -0.0803. The Hall–Kier alpha value is -3.86. The van der Waals surface area contributed by atoms with Crippen molar-refractivity contribution in [2.75, 3.05) is 39.9 Å². The van der Waals surface area contributed by atoms with E-state index in [1.54, 1.807) is 25.3 Å². The van der Waals surface area contributed by atoms with Gasteiger partial charge in [0, 0.05) is 17.8 Å². The molecule has 0 unspecified atom stereocenters. The number of rotatable bonds is 10. The maximum atomic E-state index is 14.5. The Morgan fingerprint density at radius 3 is 2.12 bits per heavy atom. The van der Waals surface area contributed by atoms with E-state index in [0.29, 0.717) is 30.4 Å². The fraction of sp³-hybridized carbons (Fsp3) is 0.304. The smallest absolute Gasteiger partial charge is 0.227 e. The van der Waals surface area contributed by atoms with Crippen LogP contribution >= 0.6 is 0 Å². The summed E-state index contributed by atoms with van der Waals surface area (Å²) in [6, 6.07) is 6.47. The summed E-state index contributed by atoms with van der Waals surface area (Å²) in [6.45, 7) is 0.693. The van der Waals surface area contributed by atoms with Crippen LogP contribution in [0.3, 0.4) is 0 Å². The highest BCUT2D eigenvalue weighted by Gasteiger charge is 2.22. The first kappa shape index (κ1) is 23.3. The minimum Gasteiger partial charge on any atom is -0.494 e. The van der Waals surface area contributed by atoms with E-state index in [-0.39, 0.29) is 34.9 Å². The molecule has 0 bridgehead atoms. The molecule has 180 valence electrons. The van der Waals surface area contributed by atoms with Crippen LogP contribution in [-0.2, 0) is 11.3 Å². The number of aromatic nitrogens is 2. The number of anilines is 2. The van der Waals surface area contributed by atoms with Gasteiger partial charge in [0.05, 0.1) is 52.5 Å². The molecule has 1 aromatic heterocycles. The van der Waals surface area contributed by atoms with Crippen LogP contribution in [-0.4, -0.2) is 50.6 Å². The van der Waals surface area contributed by atoms with Gasteiger partial charge in [-0.1, -0.05) is 0 Å². The summed E-state index contributed by atoms with van der Waals surface area (Å²) < 4.78 is 60.6. The van der Waals surface area contributed by atoms with Crippen LogP contribution in [0, 0.1) is 11.6 Å². The third-order valence-corrected chi connectivity index (χ3v) is 5.00. The van der Waals surface area contributed by atoms with Crippen LogP contribution in [0.1, 0.15) is 5.56 Å². The SMILES string of the molecule is COc1cc(Nc2ncc(OCc3c(F)c(OC)cc(OC)c3F)cn2)ccc1OC1COC1. The fourth-order valence-electron chi connectivity index (χ4n) is 3.11. The van der Waals surface area contributed by atoms with Gasteiger partial charge in [-0.3, -0.25) is 0 Å². The van der Waals surface area contributed by atoms with Crippen LogP contribution in [0.25, 0.3) is 0 Å². The number of nitrogens with zero attached hydrogens (tertiary/aromatic N) is 2. The first-order valence-electron chi connectivity index (χ1n) is 10.3. The standard InChI is InChI=1S/C23H23F2N3O6/c1-29-18-6-13(4-5-17(18)34-15-10-32-11-15)28-23-26-8-14(9-27-23)33-12-16-21(24)19(30-2)7-20(31-3)22(16)25/h4-9,15H,10-12H2,1-3H3,(H,26,27,28). The molecule has 1 aliphatic heterocycles. The third kappa shape index (κ3) is 5.04. The Bertz CT molecular complexity index is 1110. The Kier molecular flexibility index (Phi) is 7.12. The topological polar surface area (TPSA) is 93.2 Å². The number of nitrogens with one attached hydrogen (secondary N) is 1. The van der Waals surface area contributed by atoms with Crippen LogP contribution in [0.4, 0.5) is 20.4 Å². The molecule has 1 N–H and O–H groups in total. The van der Waals surface area contributed by atoms with E-state index in [4.69, 9.17) is 28.4 Å². The molecule has 3 aromatic rings. The molecule has 0 radical (unpaired) electrons. The van der Waals surface area contributed by atoms with Gasteiger partial charge in [-0.15, -0.1) is 0 Å². The number of benzene rings is 2. The molecular weight excluding hydrogens is 452 g/mol. The zero-order chi connectivity index (χ0) is 24.1. The van der Waals surface area contributed by atoms with Gasteiger partial charge in [-0.25, -0.2) is 18.7 Å². The molecule has 9 nitrogen and oxygen atoms in total. The van der Waals surface area contributed by atoms with E-state index in [1.807, 2.05) is 0 Å². The molecule has 1 aliphatic rings. The van der Waals surface area contributed by atoms with Gasteiger partial charge >= 0.3 is 0 Å². The maximum absolute atomic E-state index is 14.5. The zero-order valence-electron chi connectivity index (χ0n) is 18.8. The third-order valence-electron chi connectivity index (χ3n) is 5.00. The van der Waals surface area contributed by atoms with Gasteiger partial charge < -0.3 is 33.7 Å². The Morgan fingerprint density at radius 2 is 1.56 bits per heavy atom. The van der Waals surface area contributed by atoms with Crippen LogP contribution in [0.15, 0.2) is 36.7 Å². The van der Waals surface area contributed by atoms with E-state index >= 15 is 0 Å². The van der Waals surface area contributed by atoms with E-state index in [9.17, 15) is 8.78 Å². The highest BCUT2D eigenvalue weighted by Crippen LogP contribution is 2.33. The Morgan fingerprint density at radius 1 is 0.912 bits per heavy atom. The van der Waals surface area contributed by atoms with Crippen molar-refractivity contribution >= 4 is 11.6 Å². The average molecular weight is 475 g/mol. The molecule has 1 fully saturated rings. The molecule has 0 atom stereocenters. The van der Waals surface area contributed by atoms with Crippen LogP contribution in [0.2, 0.25) is 0 Å². The zero-order valence-corrected chi connectivity index (χ0v) is 18.8. The molecule has 34 heavy (non-hydrogen) atoms. The molecule has 2 aromatic carbocycles. The summed E-state index contributed by atoms with van der Waals surface area (Å²) in [5.41, 5.74) is 0.344. The Balaban J connectivity index is 1.41. The number of ether oxygens (including phenoxy) is 6. The van der Waals surface area contributed by atoms with Crippen molar-refractivity contribution in [1.82, 2.24) is 9.97 Å². The number of halogens is 2. The second-order valence-electron chi connectivity index (χ2n) is 7.19. The van der Waals surface area contributed by atoms with E-state index in [0.717, 1.165) is 6.07 Å². The van der Waals surface area contributed by atoms with Gasteiger partial charge in [-0.05, 0) is 12.1 Å². The Labute approximate surface area is 194 Å². The quantitative estimate of drug-likeness (QED) is 0.469. The second kappa shape index (κ2) is 10.4. The van der Waals surface area contributed by atoms with E-state index < -0.39 is 18.2 Å². The van der Waals surface area contributed by atoms with Gasteiger partial charge in [0.15, 0.2) is 40.4 Å². The lowest BCUT2D eigenvalue weighted by Gasteiger charge is -2.27. The van der Waals surface area contributed by atoms with Crippen molar-refractivity contribution in [2.24, 2.45) is 0 Å². The predicted molar refractivity (Wildman–Crippen MR) is 117 cm³/mol. The lowest BCUT2D eigenvalue weighted by atomic mass is 10.1. The number of methoxy groups -OCH3 is 3. The summed E-state index contributed by atoms with van der Waals surface area (Å²) in [5.74, 6) is -0.376. The summed E-state index contributed by atoms with van der Waals surface area (Å²) >= 11 is 0. The largest absolute Gasteiger partial charge is 0.494 e. The predicted octanol–water partition coefficient (Wildman–Crippen LogP) is 3.88. The first-order valence-corrected chi connectivity index (χ1v) is 10.3. The van der Waals surface area contributed by atoms with Crippen molar-refractivity contribution in [2.45, 2.75) is 12.7 Å². The second-order valence-corrected chi connectivity index (χ2v) is 7.19. The molecule has 11 heteroatoms. The molecule has 1 saturated heterocycles. The summed E-state index contributed by atoms with van der Waals surface area (Å²) in [4.78, 5) is 8.35. The first-order chi connectivity index (χ1) is 16.5. The van der Waals surface area contributed by atoms with Crippen LogP contribution in [0.5, 0.6) is 28.7 Å². The normalized spacial score (nSPS) is 13.1. The molecule has 0 amide bonds. The lowest BCUT2D eigenvalue weighted by Crippen LogP contribution is -2.38. The molecule has 0 spiro atoms. The highest BCUT2D eigenvalue weighted by atomic mass is 19.1. The monoisotopic (exact) mass is 475 g/mol. The minimum atomic E-state index is -0.869. The molecule has 0 saturated carbocycles. The summed E-state index contributed by atoms with van der Waals surface area (Å²) in [6.07, 6.45) is 2.78. The van der Waals surface area contributed by atoms with Crippen molar-refractivity contribution < 1.29 is 37.2 Å². The van der Waals surface area contributed by atoms with Gasteiger partial charge in [0.2, 0.25) is 5.95 Å². The molecule has 4 rings (SSSR count). The van der Waals surface area contributed by atoms with E-state index in [1.165, 1.54) is 26.6 Å². The van der Waals surface area contributed by atoms with Crippen molar-refractivity contribution in [3.8, 4) is 28.7 Å². The number of hydrogen-bond acceptors (Lipinski definition) is 9.